The molecule has 0 spiro atoms. The first-order valence-electron chi connectivity index (χ1n) is 7.88. The second-order valence-corrected chi connectivity index (χ2v) is 5.87. The zero-order chi connectivity index (χ0) is 16.2. The Balaban J connectivity index is 1.77. The maximum atomic E-state index is 12.6. The number of amides is 1. The van der Waals surface area contributed by atoms with E-state index in [0.29, 0.717) is 18.2 Å². The molecule has 1 aliphatic heterocycles. The standard InChI is InChI=1S/C17H21N3O3/c1-23-14-7-5-12(6-8-14)13-4-2-3-9-20(11-13)16(21)15-10-18-17(22)19-15/h5-8,10,13H,2-4,9,11H2,1H3,(H2,18,19,22). The number of nitrogens with one attached hydrogen (secondary N) is 2. The van der Waals surface area contributed by atoms with Crippen LogP contribution in [0.1, 0.15) is 41.2 Å². The second-order valence-electron chi connectivity index (χ2n) is 5.87. The Morgan fingerprint density at radius 3 is 2.70 bits per heavy atom. The Bertz CT molecular complexity index is 717. The van der Waals surface area contributed by atoms with E-state index in [9.17, 15) is 9.59 Å². The molecule has 1 aromatic carbocycles. The van der Waals surface area contributed by atoms with Crippen molar-refractivity contribution in [3.63, 3.8) is 0 Å². The molecule has 2 N–H and O–H groups in total. The lowest BCUT2D eigenvalue weighted by molar-refractivity contribution is 0.0749. The van der Waals surface area contributed by atoms with Crippen LogP contribution >= 0.6 is 0 Å². The minimum absolute atomic E-state index is 0.122. The van der Waals surface area contributed by atoms with Crippen molar-refractivity contribution in [2.24, 2.45) is 0 Å². The average Bonchev–Trinajstić information content (AvgIpc) is 2.87. The summed E-state index contributed by atoms with van der Waals surface area (Å²) in [7, 11) is 1.65. The molecule has 1 aromatic heterocycles. The Hall–Kier alpha value is -2.50. The van der Waals surface area contributed by atoms with E-state index in [0.717, 1.165) is 31.6 Å². The molecule has 0 radical (unpaired) electrons. The Labute approximate surface area is 134 Å². The van der Waals surface area contributed by atoms with Gasteiger partial charge in [0.05, 0.1) is 7.11 Å². The largest absolute Gasteiger partial charge is 0.497 e. The number of aromatic nitrogens is 2. The predicted octanol–water partition coefficient (Wildman–Crippen LogP) is 2.12. The summed E-state index contributed by atoms with van der Waals surface area (Å²) in [4.78, 5) is 30.6. The summed E-state index contributed by atoms with van der Waals surface area (Å²) in [5.74, 6) is 1.02. The highest BCUT2D eigenvalue weighted by molar-refractivity contribution is 5.92. The van der Waals surface area contributed by atoms with E-state index in [-0.39, 0.29) is 11.6 Å². The molecule has 0 saturated carbocycles. The number of benzene rings is 1. The van der Waals surface area contributed by atoms with Crippen LogP contribution in [0.15, 0.2) is 35.3 Å². The maximum Gasteiger partial charge on any atom is 0.323 e. The van der Waals surface area contributed by atoms with Gasteiger partial charge in [-0.25, -0.2) is 4.79 Å². The fourth-order valence-electron chi connectivity index (χ4n) is 3.09. The number of nitrogens with zero attached hydrogens (tertiary/aromatic N) is 1. The summed E-state index contributed by atoms with van der Waals surface area (Å²) in [5.41, 5.74) is 1.19. The average molecular weight is 315 g/mol. The number of likely N-dealkylation sites (tertiary alicyclic amines) is 1. The van der Waals surface area contributed by atoms with Gasteiger partial charge < -0.3 is 19.6 Å². The molecule has 0 bridgehead atoms. The van der Waals surface area contributed by atoms with Crippen molar-refractivity contribution in [1.82, 2.24) is 14.9 Å². The number of hydrogen-bond acceptors (Lipinski definition) is 3. The number of imidazole rings is 1. The summed E-state index contributed by atoms with van der Waals surface area (Å²) in [6, 6.07) is 8.04. The fraction of sp³-hybridized carbons (Fsp3) is 0.412. The molecule has 2 heterocycles. The molecular formula is C17H21N3O3. The van der Waals surface area contributed by atoms with E-state index in [2.05, 4.69) is 22.1 Å². The van der Waals surface area contributed by atoms with Gasteiger partial charge >= 0.3 is 5.69 Å². The van der Waals surface area contributed by atoms with Crippen molar-refractivity contribution in [3.8, 4) is 5.75 Å². The third-order valence-electron chi connectivity index (χ3n) is 4.37. The van der Waals surface area contributed by atoms with Crippen LogP contribution in [0.3, 0.4) is 0 Å². The summed E-state index contributed by atoms with van der Waals surface area (Å²) in [6.07, 6.45) is 4.56. The molecule has 1 atom stereocenters. The van der Waals surface area contributed by atoms with Crippen molar-refractivity contribution < 1.29 is 9.53 Å². The van der Waals surface area contributed by atoms with Gasteiger partial charge in [-0.1, -0.05) is 18.6 Å². The first-order valence-corrected chi connectivity index (χ1v) is 7.88. The zero-order valence-corrected chi connectivity index (χ0v) is 13.2. The van der Waals surface area contributed by atoms with Crippen LogP contribution in [0.5, 0.6) is 5.75 Å². The molecule has 3 rings (SSSR count). The van der Waals surface area contributed by atoms with Gasteiger partial charge in [-0.05, 0) is 30.5 Å². The lowest BCUT2D eigenvalue weighted by Gasteiger charge is -2.24. The van der Waals surface area contributed by atoms with Crippen molar-refractivity contribution in [2.45, 2.75) is 25.2 Å². The third-order valence-corrected chi connectivity index (χ3v) is 4.37. The molecule has 6 nitrogen and oxygen atoms in total. The molecule has 1 amide bonds. The summed E-state index contributed by atoms with van der Waals surface area (Å²) < 4.78 is 5.20. The van der Waals surface area contributed by atoms with Crippen LogP contribution in [-0.4, -0.2) is 41.0 Å². The molecule has 2 aromatic rings. The molecule has 23 heavy (non-hydrogen) atoms. The number of rotatable bonds is 3. The van der Waals surface area contributed by atoms with Crippen molar-refractivity contribution in [1.29, 1.82) is 0 Å². The van der Waals surface area contributed by atoms with Gasteiger partial charge in [0.2, 0.25) is 0 Å². The van der Waals surface area contributed by atoms with Crippen molar-refractivity contribution in [2.75, 3.05) is 20.2 Å². The van der Waals surface area contributed by atoms with E-state index < -0.39 is 0 Å². The number of carbonyl (C=O) groups is 1. The normalized spacial score (nSPS) is 18.5. The van der Waals surface area contributed by atoms with Crippen molar-refractivity contribution >= 4 is 5.91 Å². The van der Waals surface area contributed by atoms with Crippen molar-refractivity contribution in [3.05, 3.63) is 52.2 Å². The van der Waals surface area contributed by atoms with Gasteiger partial charge in [0.15, 0.2) is 0 Å². The topological polar surface area (TPSA) is 78.2 Å². The molecular weight excluding hydrogens is 294 g/mol. The second kappa shape index (κ2) is 6.73. The number of carbonyl (C=O) groups excluding carboxylic acids is 1. The smallest absolute Gasteiger partial charge is 0.323 e. The minimum atomic E-state index is -0.352. The molecule has 1 fully saturated rings. The van der Waals surface area contributed by atoms with Gasteiger partial charge in [0.25, 0.3) is 5.91 Å². The number of methoxy groups -OCH3 is 1. The molecule has 1 aliphatic rings. The summed E-state index contributed by atoms with van der Waals surface area (Å²) in [6.45, 7) is 1.39. The highest BCUT2D eigenvalue weighted by Gasteiger charge is 2.24. The first-order chi connectivity index (χ1) is 11.2. The fourth-order valence-corrected chi connectivity index (χ4v) is 3.09. The van der Waals surface area contributed by atoms with Gasteiger partial charge in [-0.2, -0.15) is 0 Å². The van der Waals surface area contributed by atoms with Gasteiger partial charge in [0, 0.05) is 25.2 Å². The van der Waals surface area contributed by atoms with Gasteiger partial charge in [0.1, 0.15) is 11.4 Å². The molecule has 1 unspecified atom stereocenters. The maximum absolute atomic E-state index is 12.6. The number of hydrogen-bond donors (Lipinski definition) is 2. The van der Waals surface area contributed by atoms with Crippen LogP contribution in [-0.2, 0) is 0 Å². The molecule has 1 saturated heterocycles. The summed E-state index contributed by atoms with van der Waals surface area (Å²) >= 11 is 0. The monoisotopic (exact) mass is 315 g/mol. The van der Waals surface area contributed by atoms with Crippen LogP contribution in [0.25, 0.3) is 0 Å². The minimum Gasteiger partial charge on any atom is -0.497 e. The van der Waals surface area contributed by atoms with E-state index in [1.54, 1.807) is 7.11 Å². The summed E-state index contributed by atoms with van der Waals surface area (Å²) in [5, 5.41) is 0. The quantitative estimate of drug-likeness (QED) is 0.910. The third kappa shape index (κ3) is 3.47. The Kier molecular flexibility index (Phi) is 4.50. The van der Waals surface area contributed by atoms with Gasteiger partial charge in [-0.3, -0.25) is 4.79 Å². The van der Waals surface area contributed by atoms with E-state index >= 15 is 0 Å². The van der Waals surface area contributed by atoms with Crippen LogP contribution in [0.4, 0.5) is 0 Å². The van der Waals surface area contributed by atoms with Crippen LogP contribution in [0, 0.1) is 0 Å². The molecule has 0 aliphatic carbocycles. The lowest BCUT2D eigenvalue weighted by atomic mass is 9.94. The number of aromatic amines is 2. The van der Waals surface area contributed by atoms with Crippen LogP contribution in [0.2, 0.25) is 0 Å². The number of ether oxygens (including phenoxy) is 1. The van der Waals surface area contributed by atoms with E-state index in [1.807, 2.05) is 17.0 Å². The highest BCUT2D eigenvalue weighted by atomic mass is 16.5. The predicted molar refractivity (Wildman–Crippen MR) is 86.9 cm³/mol. The SMILES string of the molecule is COc1ccc(C2CCCCN(C(=O)c3c[nH]c(=O)[nH]3)C2)cc1. The van der Waals surface area contributed by atoms with Gasteiger partial charge in [-0.15, -0.1) is 0 Å². The molecule has 6 heteroatoms. The lowest BCUT2D eigenvalue weighted by Crippen LogP contribution is -2.34. The van der Waals surface area contributed by atoms with E-state index in [4.69, 9.17) is 4.74 Å². The molecule has 122 valence electrons. The Morgan fingerprint density at radius 1 is 1.26 bits per heavy atom. The first kappa shape index (κ1) is 15.4. The van der Waals surface area contributed by atoms with E-state index in [1.165, 1.54) is 11.8 Å². The Morgan fingerprint density at radius 2 is 2.04 bits per heavy atom. The number of H-pyrrole nitrogens is 2. The van der Waals surface area contributed by atoms with Crippen LogP contribution < -0.4 is 10.4 Å². The zero-order valence-electron chi connectivity index (χ0n) is 13.2. The highest BCUT2D eigenvalue weighted by Crippen LogP contribution is 2.28.